The van der Waals surface area contributed by atoms with Crippen LogP contribution in [0.5, 0.6) is 11.5 Å². The second kappa shape index (κ2) is 10.4. The fraction of sp³-hybridized carbons (Fsp3) is 0.273. The van der Waals surface area contributed by atoms with Crippen molar-refractivity contribution in [2.75, 3.05) is 27.4 Å². The fourth-order valence-corrected chi connectivity index (χ4v) is 3.27. The first-order chi connectivity index (χ1) is 16.2. The number of methoxy groups -OCH3 is 2. The van der Waals surface area contributed by atoms with Crippen LogP contribution in [-0.2, 0) is 14.3 Å². The third-order valence-corrected chi connectivity index (χ3v) is 5.07. The number of ketones is 1. The van der Waals surface area contributed by atoms with Crippen molar-refractivity contribution in [1.82, 2.24) is 10.4 Å². The highest BCUT2D eigenvalue weighted by molar-refractivity contribution is 5.99. The van der Waals surface area contributed by atoms with E-state index in [1.54, 1.807) is 0 Å². The number of ether oxygens (including phenoxy) is 3. The minimum Gasteiger partial charge on any atom is -0.493 e. The smallest absolute Gasteiger partial charge is 0.311 e. The molecule has 2 aromatic rings. The number of hydrogen-bond acceptors (Lipinski definition) is 9. The number of hydrazine groups is 1. The van der Waals surface area contributed by atoms with E-state index < -0.39 is 41.0 Å². The molecule has 0 unspecified atom stereocenters. The van der Waals surface area contributed by atoms with Crippen LogP contribution in [0.4, 0.5) is 5.69 Å². The Balaban J connectivity index is 1.56. The Morgan fingerprint density at radius 1 is 1.09 bits per heavy atom. The highest BCUT2D eigenvalue weighted by atomic mass is 16.6. The van der Waals surface area contributed by atoms with Crippen molar-refractivity contribution >= 4 is 29.3 Å². The molecule has 12 nitrogen and oxygen atoms in total. The van der Waals surface area contributed by atoms with Gasteiger partial charge in [0, 0.05) is 29.7 Å². The zero-order chi connectivity index (χ0) is 24.8. The number of carbonyl (C=O) groups is 4. The van der Waals surface area contributed by atoms with E-state index in [0.717, 1.165) is 11.1 Å². The first-order valence-electron chi connectivity index (χ1n) is 10.0. The van der Waals surface area contributed by atoms with Crippen molar-refractivity contribution in [2.24, 2.45) is 5.92 Å². The minimum absolute atomic E-state index is 0.0216. The Morgan fingerprint density at radius 3 is 2.50 bits per heavy atom. The fourth-order valence-electron chi connectivity index (χ4n) is 3.27. The maximum absolute atomic E-state index is 12.5. The van der Waals surface area contributed by atoms with Gasteiger partial charge >= 0.3 is 5.97 Å². The number of amides is 2. The highest BCUT2D eigenvalue weighted by Crippen LogP contribution is 2.27. The van der Waals surface area contributed by atoms with Crippen molar-refractivity contribution in [3.05, 3.63) is 63.7 Å². The van der Waals surface area contributed by atoms with Crippen LogP contribution in [0.15, 0.2) is 42.5 Å². The average molecular weight is 471 g/mol. The molecule has 1 saturated heterocycles. The summed E-state index contributed by atoms with van der Waals surface area (Å²) in [5.41, 5.74) is 2.40. The molecule has 0 radical (unpaired) electrons. The lowest BCUT2D eigenvalue weighted by Crippen LogP contribution is -2.43. The van der Waals surface area contributed by atoms with Gasteiger partial charge in [-0.25, -0.2) is 0 Å². The molecule has 0 saturated carbocycles. The third kappa shape index (κ3) is 5.46. The number of nitro benzene ring substituents is 1. The predicted molar refractivity (Wildman–Crippen MR) is 115 cm³/mol. The molecular formula is C22H21N3O9. The first kappa shape index (κ1) is 24.2. The number of hydrogen-bond donors (Lipinski definition) is 1. The third-order valence-electron chi connectivity index (χ3n) is 5.07. The van der Waals surface area contributed by atoms with Crippen LogP contribution in [0.2, 0.25) is 0 Å². The number of rotatable bonds is 9. The van der Waals surface area contributed by atoms with Crippen LogP contribution in [0.25, 0.3) is 0 Å². The largest absolute Gasteiger partial charge is 0.493 e. The normalized spacial score (nSPS) is 14.9. The van der Waals surface area contributed by atoms with Crippen LogP contribution >= 0.6 is 0 Å². The molecule has 0 spiro atoms. The average Bonchev–Trinajstić information content (AvgIpc) is 3.21. The lowest BCUT2D eigenvalue weighted by Gasteiger charge is -2.18. The van der Waals surface area contributed by atoms with E-state index in [4.69, 9.17) is 14.2 Å². The molecule has 2 aromatic carbocycles. The van der Waals surface area contributed by atoms with E-state index in [0.29, 0.717) is 11.5 Å². The molecule has 3 rings (SSSR count). The summed E-state index contributed by atoms with van der Waals surface area (Å²) in [7, 11) is 2.88. The second-order valence-electron chi connectivity index (χ2n) is 7.25. The first-order valence-corrected chi connectivity index (χ1v) is 10.0. The molecule has 12 heteroatoms. The Bertz CT molecular complexity index is 1150. The van der Waals surface area contributed by atoms with Gasteiger partial charge in [0.25, 0.3) is 11.6 Å². The van der Waals surface area contributed by atoms with Gasteiger partial charge in [-0.2, -0.15) is 0 Å². The molecular weight excluding hydrogens is 450 g/mol. The second-order valence-corrected chi connectivity index (χ2v) is 7.25. The summed E-state index contributed by atoms with van der Waals surface area (Å²) in [6.45, 7) is -0.773. The van der Waals surface area contributed by atoms with Crippen LogP contribution in [0, 0.1) is 16.0 Å². The van der Waals surface area contributed by atoms with Crippen LogP contribution < -0.4 is 14.9 Å². The number of carbonyl (C=O) groups excluding carboxylic acids is 4. The highest BCUT2D eigenvalue weighted by Gasteiger charge is 2.37. The molecule has 1 atom stereocenters. The Kier molecular flexibility index (Phi) is 7.41. The number of benzene rings is 2. The zero-order valence-electron chi connectivity index (χ0n) is 18.3. The van der Waals surface area contributed by atoms with Gasteiger partial charge in [0.15, 0.2) is 18.1 Å². The SMILES string of the molecule is COc1ccc(C(=O)NN2C[C@@H](C(=O)OCC(=O)c3cccc([N+](=O)[O-])c3)CC2=O)cc1OC. The standard InChI is InChI=1S/C22H21N3O9/c1-32-18-7-6-14(9-19(18)33-2)21(28)23-24-11-15(10-20(24)27)22(29)34-12-17(26)13-4-3-5-16(8-13)25(30)31/h3-9,15H,10-12H2,1-2H3,(H,23,28)/t15-/m0/s1. The van der Waals surface area contributed by atoms with Crippen LogP contribution in [0.1, 0.15) is 27.1 Å². The molecule has 2 amide bonds. The molecule has 178 valence electrons. The summed E-state index contributed by atoms with van der Waals surface area (Å²) < 4.78 is 15.3. The summed E-state index contributed by atoms with van der Waals surface area (Å²) in [6.07, 6.45) is -0.212. The molecule has 1 aliphatic rings. The summed E-state index contributed by atoms with van der Waals surface area (Å²) in [5.74, 6) is -2.65. The zero-order valence-corrected chi connectivity index (χ0v) is 18.3. The molecule has 0 aromatic heterocycles. The number of nitrogens with zero attached hydrogens (tertiary/aromatic N) is 2. The van der Waals surface area contributed by atoms with Crippen molar-refractivity contribution in [1.29, 1.82) is 0 Å². The monoisotopic (exact) mass is 471 g/mol. The number of esters is 1. The molecule has 1 heterocycles. The maximum atomic E-state index is 12.5. The molecule has 0 aliphatic carbocycles. The van der Waals surface area contributed by atoms with E-state index in [-0.39, 0.29) is 29.8 Å². The van der Waals surface area contributed by atoms with Crippen LogP contribution in [-0.4, -0.2) is 60.9 Å². The van der Waals surface area contributed by atoms with Crippen LogP contribution in [0.3, 0.4) is 0 Å². The van der Waals surface area contributed by atoms with Gasteiger partial charge in [0.2, 0.25) is 11.7 Å². The Labute approximate surface area is 193 Å². The molecule has 1 N–H and O–H groups in total. The minimum atomic E-state index is -0.892. The lowest BCUT2D eigenvalue weighted by molar-refractivity contribution is -0.384. The van der Waals surface area contributed by atoms with E-state index >= 15 is 0 Å². The number of Topliss-reactive ketones (excluding diaryl/α,β-unsaturated/α-hetero) is 1. The number of nitro groups is 1. The van der Waals surface area contributed by atoms with Gasteiger partial charge in [0.05, 0.1) is 31.6 Å². The van der Waals surface area contributed by atoms with Gasteiger partial charge in [-0.1, -0.05) is 12.1 Å². The maximum Gasteiger partial charge on any atom is 0.311 e. The van der Waals surface area contributed by atoms with Crippen molar-refractivity contribution in [3.63, 3.8) is 0 Å². The molecule has 0 bridgehead atoms. The summed E-state index contributed by atoms with van der Waals surface area (Å²) in [4.78, 5) is 59.6. The summed E-state index contributed by atoms with van der Waals surface area (Å²) >= 11 is 0. The summed E-state index contributed by atoms with van der Waals surface area (Å²) in [6, 6.07) is 9.51. The van der Waals surface area contributed by atoms with Gasteiger partial charge in [-0.3, -0.25) is 39.7 Å². The Hall–Kier alpha value is -4.48. The quantitative estimate of drug-likeness (QED) is 0.248. The van der Waals surface area contributed by atoms with E-state index in [9.17, 15) is 29.3 Å². The number of nitrogens with one attached hydrogen (secondary N) is 1. The van der Waals surface area contributed by atoms with Crippen molar-refractivity contribution < 1.29 is 38.3 Å². The van der Waals surface area contributed by atoms with Crippen molar-refractivity contribution in [3.8, 4) is 11.5 Å². The van der Waals surface area contributed by atoms with E-state index in [1.165, 1.54) is 50.6 Å². The molecule has 1 aliphatic heterocycles. The van der Waals surface area contributed by atoms with Gasteiger partial charge < -0.3 is 14.2 Å². The van der Waals surface area contributed by atoms with Crippen molar-refractivity contribution in [2.45, 2.75) is 6.42 Å². The Morgan fingerprint density at radius 2 is 1.82 bits per heavy atom. The predicted octanol–water partition coefficient (Wildman–Crippen LogP) is 1.53. The van der Waals surface area contributed by atoms with Gasteiger partial charge in [-0.15, -0.1) is 0 Å². The van der Waals surface area contributed by atoms with E-state index in [1.807, 2.05) is 0 Å². The summed E-state index contributed by atoms with van der Waals surface area (Å²) in [5, 5.41) is 11.8. The number of non-ortho nitro benzene ring substituents is 1. The van der Waals surface area contributed by atoms with Gasteiger partial charge in [0.1, 0.15) is 0 Å². The molecule has 34 heavy (non-hydrogen) atoms. The van der Waals surface area contributed by atoms with E-state index in [2.05, 4.69) is 5.43 Å². The molecule has 1 fully saturated rings. The lowest BCUT2D eigenvalue weighted by atomic mass is 10.1. The topological polar surface area (TPSA) is 154 Å². The van der Waals surface area contributed by atoms with Gasteiger partial charge in [-0.05, 0) is 18.2 Å².